The van der Waals surface area contributed by atoms with E-state index in [2.05, 4.69) is 0 Å². The maximum absolute atomic E-state index is 10.3. The van der Waals surface area contributed by atoms with E-state index in [1.54, 1.807) is 0 Å². The van der Waals surface area contributed by atoms with Crippen molar-refractivity contribution < 1.29 is 14.6 Å². The molecule has 1 atom stereocenters. The van der Waals surface area contributed by atoms with Gasteiger partial charge in [-0.25, -0.2) is 0 Å². The number of para-hydroxylation sites is 1. The summed E-state index contributed by atoms with van der Waals surface area (Å²) in [4.78, 5) is 0. The van der Waals surface area contributed by atoms with Gasteiger partial charge in [-0.15, -0.1) is 0 Å². The lowest BCUT2D eigenvalue weighted by molar-refractivity contribution is 0.0136. The monoisotopic (exact) mass is 278 g/mol. The highest BCUT2D eigenvalue weighted by molar-refractivity contribution is 5.35. The van der Waals surface area contributed by atoms with Crippen molar-refractivity contribution in [2.24, 2.45) is 5.92 Å². The number of hydrogen-bond acceptors (Lipinski definition) is 3. The van der Waals surface area contributed by atoms with Crippen molar-refractivity contribution in [1.82, 2.24) is 0 Å². The van der Waals surface area contributed by atoms with Gasteiger partial charge in [0.25, 0.3) is 0 Å². The minimum Gasteiger partial charge on any atom is -0.493 e. The van der Waals surface area contributed by atoms with Crippen LogP contribution in [0, 0.1) is 5.92 Å². The molecule has 1 unspecified atom stereocenters. The fourth-order valence-electron chi connectivity index (χ4n) is 2.83. The average Bonchev–Trinajstić information content (AvgIpc) is 2.49. The molecule has 3 nitrogen and oxygen atoms in total. The van der Waals surface area contributed by atoms with Crippen LogP contribution < -0.4 is 4.74 Å². The van der Waals surface area contributed by atoms with Crippen molar-refractivity contribution in [2.45, 2.75) is 45.1 Å². The van der Waals surface area contributed by atoms with E-state index in [1.165, 1.54) is 32.1 Å². The molecule has 1 N–H and O–H groups in total. The number of ether oxygens (including phenoxy) is 2. The second kappa shape index (κ2) is 8.28. The molecule has 1 aliphatic rings. The predicted molar refractivity (Wildman–Crippen MR) is 80.0 cm³/mol. The fraction of sp³-hybridized carbons (Fsp3) is 0.647. The molecule has 0 bridgehead atoms. The van der Waals surface area contributed by atoms with Gasteiger partial charge in [-0.3, -0.25) is 0 Å². The van der Waals surface area contributed by atoms with Gasteiger partial charge in [-0.1, -0.05) is 37.5 Å². The largest absolute Gasteiger partial charge is 0.493 e. The van der Waals surface area contributed by atoms with Crippen LogP contribution in [0.1, 0.15) is 50.7 Å². The first-order valence-electron chi connectivity index (χ1n) is 7.78. The third-order valence-electron chi connectivity index (χ3n) is 3.93. The van der Waals surface area contributed by atoms with E-state index in [-0.39, 0.29) is 0 Å². The topological polar surface area (TPSA) is 38.7 Å². The van der Waals surface area contributed by atoms with Crippen LogP contribution in [0.5, 0.6) is 5.75 Å². The van der Waals surface area contributed by atoms with Crippen LogP contribution in [0.15, 0.2) is 24.3 Å². The molecule has 1 saturated carbocycles. The minimum atomic E-state index is -0.610. The highest BCUT2D eigenvalue weighted by atomic mass is 16.5. The highest BCUT2D eigenvalue weighted by Gasteiger charge is 2.16. The molecular weight excluding hydrogens is 252 g/mol. The van der Waals surface area contributed by atoms with Gasteiger partial charge >= 0.3 is 0 Å². The summed E-state index contributed by atoms with van der Waals surface area (Å²) in [5, 5.41) is 10.3. The van der Waals surface area contributed by atoms with Crippen LogP contribution in [0.4, 0.5) is 0 Å². The predicted octanol–water partition coefficient (Wildman–Crippen LogP) is 3.72. The van der Waals surface area contributed by atoms with E-state index in [0.29, 0.717) is 19.1 Å². The summed E-state index contributed by atoms with van der Waals surface area (Å²) in [5.74, 6) is 1.43. The van der Waals surface area contributed by atoms with Crippen molar-refractivity contribution in [2.75, 3.05) is 19.8 Å². The van der Waals surface area contributed by atoms with Gasteiger partial charge in [-0.05, 0) is 31.7 Å². The Kier molecular flexibility index (Phi) is 6.34. The molecular formula is C17H26O3. The van der Waals surface area contributed by atoms with Gasteiger partial charge in [-0.2, -0.15) is 0 Å². The van der Waals surface area contributed by atoms with Crippen LogP contribution in [0.2, 0.25) is 0 Å². The quantitative estimate of drug-likeness (QED) is 0.826. The average molecular weight is 278 g/mol. The first kappa shape index (κ1) is 15.3. The zero-order valence-corrected chi connectivity index (χ0v) is 12.4. The third-order valence-corrected chi connectivity index (χ3v) is 3.93. The lowest BCUT2D eigenvalue weighted by Gasteiger charge is -2.22. The van der Waals surface area contributed by atoms with Gasteiger partial charge in [0, 0.05) is 12.2 Å². The number of rotatable bonds is 7. The smallest absolute Gasteiger partial charge is 0.125 e. The molecule has 3 heteroatoms. The van der Waals surface area contributed by atoms with Gasteiger partial charge in [0.05, 0.1) is 13.2 Å². The van der Waals surface area contributed by atoms with Crippen molar-refractivity contribution in [3.63, 3.8) is 0 Å². The number of hydrogen-bond donors (Lipinski definition) is 1. The molecule has 0 radical (unpaired) electrons. The fourth-order valence-corrected chi connectivity index (χ4v) is 2.83. The lowest BCUT2D eigenvalue weighted by atomic mass is 9.90. The van der Waals surface area contributed by atoms with E-state index in [9.17, 15) is 5.11 Å². The summed E-state index contributed by atoms with van der Waals surface area (Å²) in [7, 11) is 0. The maximum atomic E-state index is 10.3. The van der Waals surface area contributed by atoms with Crippen LogP contribution in [0.3, 0.4) is 0 Å². The molecule has 0 aromatic heterocycles. The number of aliphatic hydroxyl groups excluding tert-OH is 1. The van der Waals surface area contributed by atoms with Gasteiger partial charge in [0.15, 0.2) is 0 Å². The minimum absolute atomic E-state index is 0.348. The van der Waals surface area contributed by atoms with Crippen molar-refractivity contribution in [3.05, 3.63) is 29.8 Å². The lowest BCUT2D eigenvalue weighted by Crippen LogP contribution is -2.16. The Balaban J connectivity index is 1.80. The summed E-state index contributed by atoms with van der Waals surface area (Å²) in [6.07, 6.45) is 5.94. The van der Waals surface area contributed by atoms with E-state index in [4.69, 9.17) is 9.47 Å². The van der Waals surface area contributed by atoms with Gasteiger partial charge < -0.3 is 14.6 Å². The summed E-state index contributed by atoms with van der Waals surface area (Å²) < 4.78 is 11.3. The summed E-state index contributed by atoms with van der Waals surface area (Å²) in [6.45, 7) is 3.67. The molecule has 112 valence electrons. The molecule has 20 heavy (non-hydrogen) atoms. The van der Waals surface area contributed by atoms with Crippen molar-refractivity contribution >= 4 is 0 Å². The van der Waals surface area contributed by atoms with Crippen LogP contribution in [-0.2, 0) is 4.74 Å². The summed E-state index contributed by atoms with van der Waals surface area (Å²) >= 11 is 0. The molecule has 1 aromatic rings. The van der Waals surface area contributed by atoms with Crippen LogP contribution >= 0.6 is 0 Å². The van der Waals surface area contributed by atoms with E-state index in [1.807, 2.05) is 31.2 Å². The number of benzene rings is 1. The zero-order valence-electron chi connectivity index (χ0n) is 12.4. The maximum Gasteiger partial charge on any atom is 0.125 e. The Bertz CT molecular complexity index is 386. The standard InChI is InChI=1S/C17H26O3/c1-2-20-17-11-7-6-10-15(17)16(18)13-19-12-14-8-4-3-5-9-14/h6-7,10-11,14,16,18H,2-5,8-9,12-13H2,1H3. The normalized spacial score (nSPS) is 17.9. The molecule has 2 rings (SSSR count). The Hall–Kier alpha value is -1.06. The molecule has 1 aromatic carbocycles. The SMILES string of the molecule is CCOc1ccccc1C(O)COCC1CCCCC1. The highest BCUT2D eigenvalue weighted by Crippen LogP contribution is 2.27. The van der Waals surface area contributed by atoms with Crippen molar-refractivity contribution in [3.8, 4) is 5.75 Å². The Morgan fingerprint density at radius 1 is 1.20 bits per heavy atom. The third kappa shape index (κ3) is 4.50. The van der Waals surface area contributed by atoms with Crippen LogP contribution in [-0.4, -0.2) is 24.9 Å². The molecule has 0 spiro atoms. The van der Waals surface area contributed by atoms with E-state index in [0.717, 1.165) is 17.9 Å². The summed E-state index contributed by atoms with van der Waals surface area (Å²) in [5.41, 5.74) is 0.818. The Labute approximate surface area is 121 Å². The first-order valence-corrected chi connectivity index (χ1v) is 7.78. The molecule has 0 aliphatic heterocycles. The molecule has 1 fully saturated rings. The second-order valence-corrected chi connectivity index (χ2v) is 5.53. The van der Waals surface area contributed by atoms with Gasteiger partial charge in [0.1, 0.15) is 11.9 Å². The van der Waals surface area contributed by atoms with Crippen molar-refractivity contribution in [1.29, 1.82) is 0 Å². The Morgan fingerprint density at radius 2 is 1.95 bits per heavy atom. The number of aliphatic hydroxyl groups is 1. The summed E-state index contributed by atoms with van der Waals surface area (Å²) in [6, 6.07) is 7.63. The molecule has 0 amide bonds. The zero-order chi connectivity index (χ0) is 14.2. The first-order chi connectivity index (χ1) is 9.81. The van der Waals surface area contributed by atoms with Crippen LogP contribution in [0.25, 0.3) is 0 Å². The second-order valence-electron chi connectivity index (χ2n) is 5.53. The van der Waals surface area contributed by atoms with E-state index < -0.39 is 6.10 Å². The van der Waals surface area contributed by atoms with E-state index >= 15 is 0 Å². The molecule has 0 saturated heterocycles. The Morgan fingerprint density at radius 3 is 2.70 bits per heavy atom. The van der Waals surface area contributed by atoms with Gasteiger partial charge in [0.2, 0.25) is 0 Å². The molecule has 0 heterocycles. The molecule has 1 aliphatic carbocycles.